The lowest BCUT2D eigenvalue weighted by Gasteiger charge is -2.39. The number of esters is 1. The Hall–Kier alpha value is -2.34. The molecule has 2 heterocycles. The largest absolute Gasteiger partial charge is 0.494 e. The van der Waals surface area contributed by atoms with Crippen molar-refractivity contribution in [1.82, 2.24) is 4.98 Å². The third-order valence-corrected chi connectivity index (χ3v) is 5.17. The number of unbranched alkanes of at least 4 members (excludes halogenated alkanes) is 2. The quantitative estimate of drug-likeness (QED) is 0.275. The normalized spacial score (nSPS) is 25.6. The van der Waals surface area contributed by atoms with E-state index in [2.05, 4.69) is 4.98 Å². The first-order chi connectivity index (χ1) is 15.5. The number of hydrogen-bond donors (Lipinski definition) is 4. The predicted octanol–water partition coefficient (Wildman–Crippen LogP) is 0.144. The molecule has 5 atom stereocenters. The van der Waals surface area contributed by atoms with Crippen LogP contribution in [0.15, 0.2) is 36.7 Å². The van der Waals surface area contributed by atoms with Gasteiger partial charge in [0.1, 0.15) is 36.8 Å². The van der Waals surface area contributed by atoms with Gasteiger partial charge in [-0.05, 0) is 42.8 Å². The van der Waals surface area contributed by atoms with Gasteiger partial charge < -0.3 is 39.4 Å². The monoisotopic (exact) mass is 451 g/mol. The number of benzene rings is 1. The Morgan fingerprint density at radius 3 is 2.66 bits per heavy atom. The number of rotatable bonds is 11. The van der Waals surface area contributed by atoms with E-state index >= 15 is 0 Å². The third-order valence-electron chi connectivity index (χ3n) is 5.17. The number of ether oxygens (including phenoxy) is 4. The number of aliphatic hydroxyl groups excluding tert-OH is 4. The standard InChI is InChI=1S/C22H29NO9/c24-12-17-19(26)21(20(27)22(28)32-17)31-13-18(25)30-9-3-1-2-8-29-16-5-4-14-6-7-23-11-15(14)10-16/h4-7,10-11,17,19-22,24,26-28H,1-3,8-9,12-13H2/t17-,19-,20-,21+,22?/m1/s1. The van der Waals surface area contributed by atoms with E-state index in [9.17, 15) is 20.1 Å². The van der Waals surface area contributed by atoms with Gasteiger partial charge in [0.25, 0.3) is 0 Å². The van der Waals surface area contributed by atoms with Crippen LogP contribution < -0.4 is 4.74 Å². The first-order valence-corrected chi connectivity index (χ1v) is 10.5. The zero-order valence-corrected chi connectivity index (χ0v) is 17.6. The van der Waals surface area contributed by atoms with Crippen LogP contribution in [0.25, 0.3) is 10.8 Å². The predicted molar refractivity (Wildman–Crippen MR) is 112 cm³/mol. The minimum atomic E-state index is -1.63. The third kappa shape index (κ3) is 6.58. The maximum atomic E-state index is 11.8. The molecule has 2 aromatic rings. The Bertz CT molecular complexity index is 864. The van der Waals surface area contributed by atoms with Crippen molar-refractivity contribution in [2.45, 2.75) is 50.0 Å². The van der Waals surface area contributed by atoms with E-state index in [0.717, 1.165) is 29.4 Å². The molecule has 1 saturated heterocycles. The van der Waals surface area contributed by atoms with Crippen molar-refractivity contribution in [2.24, 2.45) is 0 Å². The summed E-state index contributed by atoms with van der Waals surface area (Å²) in [5, 5.41) is 40.7. The number of hydrogen-bond acceptors (Lipinski definition) is 10. The van der Waals surface area contributed by atoms with Crippen LogP contribution in [0.3, 0.4) is 0 Å². The Kier molecular flexibility index (Phi) is 9.15. The number of fused-ring (bicyclic) bond motifs is 1. The highest BCUT2D eigenvalue weighted by Crippen LogP contribution is 2.22. The van der Waals surface area contributed by atoms with Crippen molar-refractivity contribution < 1.29 is 44.2 Å². The Balaban J connectivity index is 1.27. The minimum Gasteiger partial charge on any atom is -0.494 e. The van der Waals surface area contributed by atoms with E-state index in [1.54, 1.807) is 12.4 Å². The molecule has 10 heteroatoms. The summed E-state index contributed by atoms with van der Waals surface area (Å²) in [5.74, 6) is 0.118. The second-order valence-corrected chi connectivity index (χ2v) is 7.52. The summed E-state index contributed by atoms with van der Waals surface area (Å²) >= 11 is 0. The van der Waals surface area contributed by atoms with E-state index < -0.39 is 49.9 Å². The number of carbonyl (C=O) groups excluding carboxylic acids is 1. The van der Waals surface area contributed by atoms with Gasteiger partial charge in [0, 0.05) is 17.8 Å². The summed E-state index contributed by atoms with van der Waals surface area (Å²) < 4.78 is 20.9. The molecule has 0 aliphatic carbocycles. The molecule has 1 aliphatic heterocycles. The molecule has 0 saturated carbocycles. The van der Waals surface area contributed by atoms with Gasteiger partial charge in [0.2, 0.25) is 0 Å². The Labute approximate surface area is 185 Å². The van der Waals surface area contributed by atoms with Gasteiger partial charge in [-0.25, -0.2) is 4.79 Å². The maximum absolute atomic E-state index is 11.8. The van der Waals surface area contributed by atoms with Crippen molar-refractivity contribution in [3.05, 3.63) is 36.7 Å². The zero-order valence-electron chi connectivity index (χ0n) is 17.6. The van der Waals surface area contributed by atoms with Gasteiger partial charge in [-0.1, -0.05) is 6.07 Å². The smallest absolute Gasteiger partial charge is 0.332 e. The summed E-state index contributed by atoms with van der Waals surface area (Å²) in [4.78, 5) is 15.9. The molecular weight excluding hydrogens is 422 g/mol. The topological polar surface area (TPSA) is 148 Å². The van der Waals surface area contributed by atoms with Crippen LogP contribution >= 0.6 is 0 Å². The molecule has 0 radical (unpaired) electrons. The van der Waals surface area contributed by atoms with E-state index in [4.69, 9.17) is 24.1 Å². The fraction of sp³-hybridized carbons (Fsp3) is 0.545. The summed E-state index contributed by atoms with van der Waals surface area (Å²) in [7, 11) is 0. The molecule has 10 nitrogen and oxygen atoms in total. The van der Waals surface area contributed by atoms with Crippen LogP contribution in [0.5, 0.6) is 5.75 Å². The lowest BCUT2D eigenvalue weighted by Crippen LogP contribution is -2.59. The van der Waals surface area contributed by atoms with Crippen molar-refractivity contribution in [1.29, 1.82) is 0 Å². The van der Waals surface area contributed by atoms with Crippen LogP contribution in [0.1, 0.15) is 19.3 Å². The Morgan fingerprint density at radius 2 is 1.84 bits per heavy atom. The molecular formula is C22H29NO9. The van der Waals surface area contributed by atoms with Crippen LogP contribution in [-0.2, 0) is 19.0 Å². The molecule has 0 amide bonds. The van der Waals surface area contributed by atoms with Crippen molar-refractivity contribution in [2.75, 3.05) is 26.4 Å². The molecule has 32 heavy (non-hydrogen) atoms. The first-order valence-electron chi connectivity index (χ1n) is 10.5. The number of pyridine rings is 1. The molecule has 1 unspecified atom stereocenters. The van der Waals surface area contributed by atoms with Crippen molar-refractivity contribution in [3.63, 3.8) is 0 Å². The zero-order chi connectivity index (χ0) is 22.9. The van der Waals surface area contributed by atoms with E-state index in [0.29, 0.717) is 13.0 Å². The lowest BCUT2D eigenvalue weighted by atomic mass is 9.99. The highest BCUT2D eigenvalue weighted by Gasteiger charge is 2.44. The highest BCUT2D eigenvalue weighted by molar-refractivity contribution is 5.82. The van der Waals surface area contributed by atoms with E-state index in [1.807, 2.05) is 24.3 Å². The van der Waals surface area contributed by atoms with Gasteiger partial charge in [-0.2, -0.15) is 0 Å². The summed E-state index contributed by atoms with van der Waals surface area (Å²) in [6.45, 7) is -0.345. The second-order valence-electron chi connectivity index (χ2n) is 7.52. The highest BCUT2D eigenvalue weighted by atomic mass is 16.6. The molecule has 1 aromatic carbocycles. The first kappa shape index (κ1) is 24.3. The van der Waals surface area contributed by atoms with E-state index in [1.165, 1.54) is 0 Å². The molecule has 1 aromatic heterocycles. The molecule has 1 aliphatic rings. The molecule has 1 fully saturated rings. The van der Waals surface area contributed by atoms with Crippen LogP contribution in [0, 0.1) is 0 Å². The molecule has 0 spiro atoms. The lowest BCUT2D eigenvalue weighted by molar-refractivity contribution is -0.294. The van der Waals surface area contributed by atoms with Gasteiger partial charge in [0.05, 0.1) is 19.8 Å². The number of aromatic nitrogens is 1. The van der Waals surface area contributed by atoms with Crippen molar-refractivity contribution in [3.8, 4) is 5.75 Å². The minimum absolute atomic E-state index is 0.199. The second kappa shape index (κ2) is 12.0. The summed E-state index contributed by atoms with van der Waals surface area (Å²) in [6, 6.07) is 7.78. The fourth-order valence-corrected chi connectivity index (χ4v) is 3.38. The van der Waals surface area contributed by atoms with E-state index in [-0.39, 0.29) is 6.61 Å². The van der Waals surface area contributed by atoms with Crippen molar-refractivity contribution >= 4 is 16.7 Å². The van der Waals surface area contributed by atoms with Crippen LogP contribution in [-0.4, -0.2) is 88.5 Å². The molecule has 0 bridgehead atoms. The number of carbonyl (C=O) groups is 1. The molecule has 4 N–H and O–H groups in total. The maximum Gasteiger partial charge on any atom is 0.332 e. The van der Waals surface area contributed by atoms with Crippen LogP contribution in [0.4, 0.5) is 0 Å². The van der Waals surface area contributed by atoms with Gasteiger partial charge in [-0.15, -0.1) is 0 Å². The molecule has 3 rings (SSSR count). The van der Waals surface area contributed by atoms with Gasteiger partial charge >= 0.3 is 5.97 Å². The van der Waals surface area contributed by atoms with Gasteiger partial charge in [-0.3, -0.25) is 4.98 Å². The average Bonchev–Trinajstić information content (AvgIpc) is 2.80. The fourth-order valence-electron chi connectivity index (χ4n) is 3.38. The Morgan fingerprint density at radius 1 is 1.03 bits per heavy atom. The van der Waals surface area contributed by atoms with Crippen LogP contribution in [0.2, 0.25) is 0 Å². The van der Waals surface area contributed by atoms with Gasteiger partial charge in [0.15, 0.2) is 6.29 Å². The SMILES string of the molecule is O=C(CO[C@H]1[C@H](O)[C@@H](CO)OC(O)[C@@H]1O)OCCCCCOc1ccc2ccncc2c1. The molecule has 176 valence electrons. The summed E-state index contributed by atoms with van der Waals surface area (Å²) in [6.07, 6.45) is -1.23. The number of nitrogens with zero attached hydrogens (tertiary/aromatic N) is 1. The number of aliphatic hydroxyl groups is 4. The average molecular weight is 451 g/mol. The summed E-state index contributed by atoms with van der Waals surface area (Å²) in [5.41, 5.74) is 0.